The molecule has 2 aromatic heterocycles. The van der Waals surface area contributed by atoms with Crippen LogP contribution in [-0.2, 0) is 0 Å². The maximum Gasteiger partial charge on any atom is 0.151 e. The zero-order valence-electron chi connectivity index (χ0n) is 6.95. The summed E-state index contributed by atoms with van der Waals surface area (Å²) in [5, 5.41) is 9.39. The van der Waals surface area contributed by atoms with E-state index >= 15 is 0 Å². The van der Waals surface area contributed by atoms with Crippen LogP contribution in [0.1, 0.15) is 5.69 Å². The highest BCUT2D eigenvalue weighted by Crippen LogP contribution is 2.20. The number of aromatic nitrogens is 2. The number of fused-ring (bicyclic) bond motifs is 1. The number of nitrogens with zero attached hydrogens (tertiary/aromatic N) is 2. The van der Waals surface area contributed by atoms with Gasteiger partial charge in [-0.3, -0.25) is 9.97 Å². The number of aromatic hydroxyl groups is 1. The first-order chi connectivity index (χ1) is 6.18. The van der Waals surface area contributed by atoms with E-state index < -0.39 is 5.82 Å². The Morgan fingerprint density at radius 1 is 1.31 bits per heavy atom. The molecule has 0 spiro atoms. The maximum absolute atomic E-state index is 13.1. The third kappa shape index (κ3) is 1.20. The van der Waals surface area contributed by atoms with Crippen molar-refractivity contribution in [1.82, 2.24) is 9.97 Å². The van der Waals surface area contributed by atoms with E-state index in [1.54, 1.807) is 6.92 Å². The molecule has 66 valence electrons. The summed E-state index contributed by atoms with van der Waals surface area (Å²) < 4.78 is 13.1. The zero-order chi connectivity index (χ0) is 9.42. The second-order valence-electron chi connectivity index (χ2n) is 2.78. The fourth-order valence-electron chi connectivity index (χ4n) is 1.21. The van der Waals surface area contributed by atoms with Crippen LogP contribution in [0.4, 0.5) is 4.39 Å². The van der Waals surface area contributed by atoms with E-state index in [9.17, 15) is 4.39 Å². The number of hydrogen-bond donors (Lipinski definition) is 1. The Kier molecular flexibility index (Phi) is 1.62. The Labute approximate surface area is 73.9 Å². The van der Waals surface area contributed by atoms with E-state index in [1.165, 1.54) is 12.3 Å². The third-order valence-corrected chi connectivity index (χ3v) is 1.84. The van der Waals surface area contributed by atoms with E-state index in [1.807, 2.05) is 0 Å². The second kappa shape index (κ2) is 2.65. The molecule has 0 unspecified atom stereocenters. The van der Waals surface area contributed by atoms with Gasteiger partial charge in [0.15, 0.2) is 5.82 Å². The van der Waals surface area contributed by atoms with Crippen molar-refractivity contribution < 1.29 is 9.50 Å². The Bertz CT molecular complexity index is 470. The molecule has 0 amide bonds. The summed E-state index contributed by atoms with van der Waals surface area (Å²) in [6.45, 7) is 1.74. The van der Waals surface area contributed by atoms with Gasteiger partial charge in [-0.15, -0.1) is 0 Å². The lowest BCUT2D eigenvalue weighted by molar-refractivity contribution is 0.473. The molecule has 0 saturated heterocycles. The normalized spacial score (nSPS) is 10.6. The highest BCUT2D eigenvalue weighted by molar-refractivity contribution is 5.81. The van der Waals surface area contributed by atoms with Crippen LogP contribution >= 0.6 is 0 Å². The van der Waals surface area contributed by atoms with Crippen molar-refractivity contribution in [2.24, 2.45) is 0 Å². The van der Waals surface area contributed by atoms with Crippen molar-refractivity contribution in [2.45, 2.75) is 6.92 Å². The molecular formula is C9H7FN2O. The van der Waals surface area contributed by atoms with Crippen LogP contribution in [0.2, 0.25) is 0 Å². The summed E-state index contributed by atoms with van der Waals surface area (Å²) >= 11 is 0. The van der Waals surface area contributed by atoms with Gasteiger partial charge in [0.1, 0.15) is 5.75 Å². The van der Waals surface area contributed by atoms with Gasteiger partial charge >= 0.3 is 0 Å². The fourth-order valence-corrected chi connectivity index (χ4v) is 1.21. The van der Waals surface area contributed by atoms with E-state index in [-0.39, 0.29) is 5.75 Å². The van der Waals surface area contributed by atoms with Gasteiger partial charge in [0.05, 0.1) is 23.6 Å². The third-order valence-electron chi connectivity index (χ3n) is 1.84. The van der Waals surface area contributed by atoms with E-state index in [0.29, 0.717) is 16.6 Å². The minimum absolute atomic E-state index is 0.0444. The Balaban J connectivity index is 2.92. The number of halogens is 1. The van der Waals surface area contributed by atoms with Gasteiger partial charge in [-0.25, -0.2) is 4.39 Å². The summed E-state index contributed by atoms with van der Waals surface area (Å²) in [7, 11) is 0. The van der Waals surface area contributed by atoms with Crippen molar-refractivity contribution >= 4 is 10.9 Å². The van der Waals surface area contributed by atoms with Crippen LogP contribution in [0.5, 0.6) is 5.75 Å². The van der Waals surface area contributed by atoms with Gasteiger partial charge in [0.2, 0.25) is 0 Å². The predicted molar refractivity (Wildman–Crippen MR) is 45.9 cm³/mol. The van der Waals surface area contributed by atoms with Crippen LogP contribution in [0.3, 0.4) is 0 Å². The molecule has 2 aromatic rings. The highest BCUT2D eigenvalue weighted by atomic mass is 19.1. The highest BCUT2D eigenvalue weighted by Gasteiger charge is 2.05. The van der Waals surface area contributed by atoms with Crippen molar-refractivity contribution in [3.63, 3.8) is 0 Å². The van der Waals surface area contributed by atoms with Gasteiger partial charge in [-0.1, -0.05) is 0 Å². The minimum atomic E-state index is -0.469. The van der Waals surface area contributed by atoms with Crippen molar-refractivity contribution in [3.05, 3.63) is 30.0 Å². The van der Waals surface area contributed by atoms with E-state index in [4.69, 9.17) is 5.11 Å². The number of hydrogen-bond acceptors (Lipinski definition) is 3. The molecule has 2 rings (SSSR count). The fraction of sp³-hybridized carbons (Fsp3) is 0.111. The summed E-state index contributed by atoms with van der Waals surface area (Å²) in [6.07, 6.45) is 2.40. The molecule has 3 nitrogen and oxygen atoms in total. The number of aryl methyl sites for hydroxylation is 1. The monoisotopic (exact) mass is 178 g/mol. The molecule has 0 atom stereocenters. The first-order valence-electron chi connectivity index (χ1n) is 3.78. The lowest BCUT2D eigenvalue weighted by Crippen LogP contribution is -1.90. The zero-order valence-corrected chi connectivity index (χ0v) is 6.95. The molecule has 0 aliphatic rings. The summed E-state index contributed by atoms with van der Waals surface area (Å²) in [5.41, 5.74) is 1.13. The van der Waals surface area contributed by atoms with Gasteiger partial charge in [-0.2, -0.15) is 0 Å². The quantitative estimate of drug-likeness (QED) is 0.668. The first-order valence-corrected chi connectivity index (χ1v) is 3.78. The predicted octanol–water partition coefficient (Wildman–Crippen LogP) is 1.78. The molecule has 0 fully saturated rings. The molecule has 0 aliphatic heterocycles. The molecule has 0 saturated carbocycles. The van der Waals surface area contributed by atoms with Gasteiger partial charge in [-0.05, 0) is 13.0 Å². The van der Waals surface area contributed by atoms with Crippen LogP contribution in [0.15, 0.2) is 18.5 Å². The standard InChI is InChI=1S/C9H7FN2O/c1-5-9-7(8(10)4-11-5)2-6(13)3-12-9/h2-4,13H,1H3. The molecule has 13 heavy (non-hydrogen) atoms. The SMILES string of the molecule is Cc1ncc(F)c2cc(O)cnc12. The number of rotatable bonds is 0. The first kappa shape index (κ1) is 7.91. The molecule has 0 radical (unpaired) electrons. The molecular weight excluding hydrogens is 171 g/mol. The van der Waals surface area contributed by atoms with E-state index in [0.717, 1.165) is 6.20 Å². The largest absolute Gasteiger partial charge is 0.506 e. The van der Waals surface area contributed by atoms with Gasteiger partial charge < -0.3 is 5.11 Å². The topological polar surface area (TPSA) is 46.0 Å². The molecule has 2 heterocycles. The van der Waals surface area contributed by atoms with Crippen molar-refractivity contribution in [2.75, 3.05) is 0 Å². The number of pyridine rings is 2. The van der Waals surface area contributed by atoms with Crippen molar-refractivity contribution in [1.29, 1.82) is 0 Å². The van der Waals surface area contributed by atoms with Crippen LogP contribution < -0.4 is 0 Å². The Morgan fingerprint density at radius 2 is 2.08 bits per heavy atom. The molecule has 0 aliphatic carbocycles. The summed E-state index contributed by atoms with van der Waals surface area (Å²) in [4.78, 5) is 7.71. The van der Waals surface area contributed by atoms with Gasteiger partial charge in [0.25, 0.3) is 0 Å². The van der Waals surface area contributed by atoms with Gasteiger partial charge in [0, 0.05) is 5.39 Å². The Hall–Kier alpha value is -1.71. The molecule has 4 heteroatoms. The second-order valence-corrected chi connectivity index (χ2v) is 2.78. The van der Waals surface area contributed by atoms with Crippen LogP contribution in [0.25, 0.3) is 10.9 Å². The van der Waals surface area contributed by atoms with Crippen LogP contribution in [-0.4, -0.2) is 15.1 Å². The molecule has 1 N–H and O–H groups in total. The average Bonchev–Trinajstić information content (AvgIpc) is 2.12. The molecule has 0 bridgehead atoms. The summed E-state index contributed by atoms with van der Waals surface area (Å²) in [5.74, 6) is -0.513. The van der Waals surface area contributed by atoms with Crippen LogP contribution in [0, 0.1) is 12.7 Å². The van der Waals surface area contributed by atoms with E-state index in [2.05, 4.69) is 9.97 Å². The lowest BCUT2D eigenvalue weighted by Gasteiger charge is -2.01. The molecule has 0 aromatic carbocycles. The van der Waals surface area contributed by atoms with Crippen molar-refractivity contribution in [3.8, 4) is 5.75 Å². The minimum Gasteiger partial charge on any atom is -0.506 e. The Morgan fingerprint density at radius 3 is 2.85 bits per heavy atom. The lowest BCUT2D eigenvalue weighted by atomic mass is 10.2. The average molecular weight is 178 g/mol. The maximum atomic E-state index is 13.1. The smallest absolute Gasteiger partial charge is 0.151 e. The summed E-state index contributed by atoms with van der Waals surface area (Å²) in [6, 6.07) is 1.34.